The smallest absolute Gasteiger partial charge is 0.264 e. The number of benzene rings is 2. The molecule has 3 aliphatic heterocycles. The lowest BCUT2D eigenvalue weighted by Gasteiger charge is -2.49. The van der Waals surface area contributed by atoms with Gasteiger partial charge in [0.05, 0.1) is 31.5 Å². The number of amides is 1. The van der Waals surface area contributed by atoms with E-state index in [2.05, 4.69) is 33.2 Å². The Balaban J connectivity index is 1.27. The molecule has 5 aliphatic rings. The molecule has 5 atom stereocenters. The standard InChI is InChI=1S/C40H54ClN3O7S/c1-26-7-5-9-33(39-49-22-31(23-50-39)43(2)3)32-13-10-29(32)21-44-24-40(17-6-8-27-19-30(41)12-14-34(27)40)25-51-36-15-11-28(20-35(36)44)38(45)42-52(46,47)37(26)16-18-48-4/h11-12,14-15,19-20,29,31-33,37,39H,1,5-10,13,16-18,21-25H2,2-4H3,(H,42,45)/t29-,31?,32+,33-,37+,39?,40-/m0/s1. The summed E-state index contributed by atoms with van der Waals surface area (Å²) in [7, 11) is 1.53. The number of likely N-dealkylation sites (N-methyl/N-ethyl adjacent to an activating group) is 1. The first-order chi connectivity index (χ1) is 25.0. The Hall–Kier alpha value is -2.67. The van der Waals surface area contributed by atoms with Crippen LogP contribution < -0.4 is 14.4 Å². The third-order valence-corrected chi connectivity index (χ3v) is 14.5. The number of rotatable bonds is 5. The minimum atomic E-state index is -4.12. The molecular weight excluding hydrogens is 702 g/mol. The van der Waals surface area contributed by atoms with Gasteiger partial charge in [0, 0.05) is 48.7 Å². The van der Waals surface area contributed by atoms with Crippen LogP contribution in [0.1, 0.15) is 72.9 Å². The summed E-state index contributed by atoms with van der Waals surface area (Å²) >= 11 is 6.49. The SMILES string of the molecule is C=C1CCC[C@H](C2OCC(N(C)C)CO2)[C@@H]2CC[C@H]2CN2C[C@@]3(CCCc4cc(Cl)ccc43)COc3ccc(cc32)C(=O)NS(=O)(=O)[C@@H]1CCOC. The Labute approximate surface area is 314 Å². The first-order valence-electron chi connectivity index (χ1n) is 18.9. The van der Waals surface area contributed by atoms with Crippen LogP contribution in [0.15, 0.2) is 48.6 Å². The van der Waals surface area contributed by atoms with Crippen LogP contribution in [-0.2, 0) is 36.1 Å². The topological polar surface area (TPSA) is 107 Å². The van der Waals surface area contributed by atoms with E-state index in [1.54, 1.807) is 13.2 Å². The second kappa shape index (κ2) is 15.6. The number of carbonyl (C=O) groups excluding carboxylic acids is 1. The zero-order valence-corrected chi connectivity index (χ0v) is 32.4. The lowest BCUT2D eigenvalue weighted by molar-refractivity contribution is -0.240. The predicted molar refractivity (Wildman–Crippen MR) is 203 cm³/mol. The van der Waals surface area contributed by atoms with Crippen molar-refractivity contribution in [3.63, 3.8) is 0 Å². The van der Waals surface area contributed by atoms with Crippen molar-refractivity contribution in [3.05, 3.63) is 70.3 Å². The van der Waals surface area contributed by atoms with Crippen molar-refractivity contribution < 1.29 is 32.2 Å². The minimum Gasteiger partial charge on any atom is -0.490 e. The van der Waals surface area contributed by atoms with Crippen molar-refractivity contribution >= 4 is 33.2 Å². The quantitative estimate of drug-likeness (QED) is 0.370. The molecule has 0 radical (unpaired) electrons. The summed E-state index contributed by atoms with van der Waals surface area (Å²) in [6, 6.07) is 11.8. The highest BCUT2D eigenvalue weighted by molar-refractivity contribution is 7.90. The van der Waals surface area contributed by atoms with E-state index >= 15 is 0 Å². The first kappa shape index (κ1) is 37.6. The van der Waals surface area contributed by atoms with Crippen molar-refractivity contribution in [2.45, 2.75) is 80.8 Å². The summed E-state index contributed by atoms with van der Waals surface area (Å²) in [6.45, 7) is 7.69. The van der Waals surface area contributed by atoms with Gasteiger partial charge in [0.25, 0.3) is 5.91 Å². The summed E-state index contributed by atoms with van der Waals surface area (Å²) in [5.41, 5.74) is 3.94. The van der Waals surface area contributed by atoms with Gasteiger partial charge in [-0.2, -0.15) is 0 Å². The largest absolute Gasteiger partial charge is 0.490 e. The van der Waals surface area contributed by atoms with E-state index in [9.17, 15) is 13.2 Å². The average molecular weight is 756 g/mol. The fourth-order valence-electron chi connectivity index (χ4n) is 9.32. The maximum Gasteiger partial charge on any atom is 0.264 e. The van der Waals surface area contributed by atoms with Crippen LogP contribution in [0.3, 0.4) is 0 Å². The third kappa shape index (κ3) is 7.64. The summed E-state index contributed by atoms with van der Waals surface area (Å²) < 4.78 is 55.1. The van der Waals surface area contributed by atoms with Crippen LogP contribution in [-0.4, -0.2) is 97.5 Å². The van der Waals surface area contributed by atoms with E-state index in [4.69, 9.17) is 30.5 Å². The number of nitrogens with one attached hydrogen (secondary N) is 1. The molecule has 1 saturated carbocycles. The zero-order chi connectivity index (χ0) is 36.6. The van der Waals surface area contributed by atoms with Crippen LogP contribution in [0.25, 0.3) is 0 Å². The molecule has 10 nitrogen and oxygen atoms in total. The predicted octanol–water partition coefficient (Wildman–Crippen LogP) is 5.96. The number of ether oxygens (including phenoxy) is 4. The zero-order valence-electron chi connectivity index (χ0n) is 30.8. The Bertz CT molecular complexity index is 1750. The van der Waals surface area contributed by atoms with E-state index in [1.807, 2.05) is 32.3 Å². The molecule has 2 aliphatic carbocycles. The van der Waals surface area contributed by atoms with E-state index in [1.165, 1.54) is 11.1 Å². The fraction of sp³-hybridized carbons (Fsp3) is 0.625. The Morgan fingerprint density at radius 3 is 2.60 bits per heavy atom. The number of hydrogen-bond donors (Lipinski definition) is 1. The van der Waals surface area contributed by atoms with Crippen molar-refractivity contribution in [1.29, 1.82) is 0 Å². The molecule has 3 heterocycles. The molecule has 1 saturated heterocycles. The number of carbonyl (C=O) groups is 1. The number of aryl methyl sites for hydroxylation is 1. The van der Waals surface area contributed by atoms with E-state index in [-0.39, 0.29) is 42.3 Å². The number of hydrogen-bond acceptors (Lipinski definition) is 9. The highest BCUT2D eigenvalue weighted by Gasteiger charge is 2.47. The highest BCUT2D eigenvalue weighted by Crippen LogP contribution is 2.49. The summed E-state index contributed by atoms with van der Waals surface area (Å²) in [6.07, 6.45) is 7.09. The molecular formula is C40H54ClN3O7S. The van der Waals surface area contributed by atoms with Gasteiger partial charge in [-0.3, -0.25) is 4.79 Å². The molecule has 0 aromatic heterocycles. The van der Waals surface area contributed by atoms with Gasteiger partial charge in [0.1, 0.15) is 11.0 Å². The van der Waals surface area contributed by atoms with Crippen LogP contribution in [0, 0.1) is 17.8 Å². The van der Waals surface area contributed by atoms with Gasteiger partial charge in [-0.25, -0.2) is 13.1 Å². The van der Waals surface area contributed by atoms with Crippen LogP contribution in [0.5, 0.6) is 5.75 Å². The minimum absolute atomic E-state index is 0.150. The van der Waals surface area contributed by atoms with Crippen molar-refractivity contribution in [2.75, 3.05) is 65.6 Å². The van der Waals surface area contributed by atoms with Crippen LogP contribution >= 0.6 is 11.6 Å². The lowest BCUT2D eigenvalue weighted by Crippen LogP contribution is -2.52. The van der Waals surface area contributed by atoms with Crippen LogP contribution in [0.2, 0.25) is 5.02 Å². The second-order valence-electron chi connectivity index (χ2n) is 15.9. The van der Waals surface area contributed by atoms with Gasteiger partial charge in [-0.1, -0.05) is 29.8 Å². The lowest BCUT2D eigenvalue weighted by atomic mass is 9.64. The molecule has 284 valence electrons. The molecule has 52 heavy (non-hydrogen) atoms. The molecule has 2 fully saturated rings. The third-order valence-electron chi connectivity index (χ3n) is 12.5. The van der Waals surface area contributed by atoms with E-state index in [0.29, 0.717) is 55.9 Å². The molecule has 2 bridgehead atoms. The number of methoxy groups -OCH3 is 1. The maximum absolute atomic E-state index is 13.9. The summed E-state index contributed by atoms with van der Waals surface area (Å²) in [5, 5.41) is -0.229. The Morgan fingerprint density at radius 2 is 1.87 bits per heavy atom. The van der Waals surface area contributed by atoms with Gasteiger partial charge in [0.15, 0.2) is 6.29 Å². The second-order valence-corrected chi connectivity index (χ2v) is 18.2. The van der Waals surface area contributed by atoms with Gasteiger partial charge in [-0.15, -0.1) is 0 Å². The number of halogens is 1. The molecule has 1 amide bonds. The number of anilines is 1. The molecule has 12 heteroatoms. The molecule has 0 unspecified atom stereocenters. The van der Waals surface area contributed by atoms with E-state index in [0.717, 1.165) is 62.2 Å². The van der Waals surface area contributed by atoms with Crippen LogP contribution in [0.4, 0.5) is 5.69 Å². The first-order valence-corrected chi connectivity index (χ1v) is 20.8. The maximum atomic E-state index is 13.9. The monoisotopic (exact) mass is 755 g/mol. The van der Waals surface area contributed by atoms with Gasteiger partial charge in [0.2, 0.25) is 10.0 Å². The molecule has 2 aromatic carbocycles. The van der Waals surface area contributed by atoms with Gasteiger partial charge in [-0.05, 0) is 125 Å². The van der Waals surface area contributed by atoms with Gasteiger partial charge < -0.3 is 28.7 Å². The van der Waals surface area contributed by atoms with Gasteiger partial charge >= 0.3 is 0 Å². The molecule has 2 aromatic rings. The normalized spacial score (nSPS) is 32.2. The average Bonchev–Trinajstić information content (AvgIpc) is 3.25. The number of nitrogens with zero attached hydrogens (tertiary/aromatic N) is 2. The molecule has 1 N–H and O–H groups in total. The van der Waals surface area contributed by atoms with E-state index < -0.39 is 21.2 Å². The van der Waals surface area contributed by atoms with Crippen molar-refractivity contribution in [2.24, 2.45) is 17.8 Å². The fourth-order valence-corrected chi connectivity index (χ4v) is 11.0. The summed E-state index contributed by atoms with van der Waals surface area (Å²) in [5.74, 6) is 0.930. The Morgan fingerprint density at radius 1 is 1.06 bits per heavy atom. The number of sulfonamides is 1. The Kier molecular flexibility index (Phi) is 11.3. The summed E-state index contributed by atoms with van der Waals surface area (Å²) in [4.78, 5) is 18.3. The highest BCUT2D eigenvalue weighted by atomic mass is 35.5. The molecule has 1 spiro atoms. The number of fused-ring (bicyclic) bond motifs is 4. The van der Waals surface area contributed by atoms with Crippen molar-refractivity contribution in [1.82, 2.24) is 9.62 Å². The molecule has 7 rings (SSSR count). The van der Waals surface area contributed by atoms with Crippen molar-refractivity contribution in [3.8, 4) is 5.75 Å².